The standard InChI is InChI=1S/C20H24FN3O2/c1-3-5-19(25)23-15-6-4-9-24(12-15)20(26)17-10-13(2)22-18-11-14(21)7-8-16(17)18/h7-8,10-11,15H,3-6,9,12H2,1-2H3,(H,23,25). The van der Waals surface area contributed by atoms with Crippen LogP contribution in [0.5, 0.6) is 0 Å². The Morgan fingerprint density at radius 1 is 1.35 bits per heavy atom. The predicted octanol–water partition coefficient (Wildman–Crippen LogP) is 3.20. The van der Waals surface area contributed by atoms with E-state index in [-0.39, 0.29) is 23.7 Å². The third kappa shape index (κ3) is 4.00. The lowest BCUT2D eigenvalue weighted by atomic mass is 10.0. The maximum Gasteiger partial charge on any atom is 0.254 e. The quantitative estimate of drug-likeness (QED) is 0.914. The van der Waals surface area contributed by atoms with Gasteiger partial charge in [-0.15, -0.1) is 0 Å². The summed E-state index contributed by atoms with van der Waals surface area (Å²) in [4.78, 5) is 31.1. The van der Waals surface area contributed by atoms with Gasteiger partial charge in [0.1, 0.15) is 5.82 Å². The Morgan fingerprint density at radius 3 is 2.92 bits per heavy atom. The molecule has 1 aromatic heterocycles. The molecule has 2 amide bonds. The molecule has 1 unspecified atom stereocenters. The molecule has 26 heavy (non-hydrogen) atoms. The maximum atomic E-state index is 13.5. The summed E-state index contributed by atoms with van der Waals surface area (Å²) < 4.78 is 13.5. The molecule has 1 aliphatic rings. The molecule has 5 nitrogen and oxygen atoms in total. The molecule has 0 bridgehead atoms. The Bertz CT molecular complexity index is 832. The number of nitrogens with one attached hydrogen (secondary N) is 1. The van der Waals surface area contributed by atoms with E-state index >= 15 is 0 Å². The van der Waals surface area contributed by atoms with Crippen LogP contribution in [-0.2, 0) is 4.79 Å². The van der Waals surface area contributed by atoms with E-state index in [9.17, 15) is 14.0 Å². The Morgan fingerprint density at radius 2 is 2.15 bits per heavy atom. The topological polar surface area (TPSA) is 62.3 Å². The highest BCUT2D eigenvalue weighted by atomic mass is 19.1. The highest BCUT2D eigenvalue weighted by molar-refractivity contribution is 6.06. The van der Waals surface area contributed by atoms with Crippen molar-refractivity contribution in [2.45, 2.75) is 45.6 Å². The Labute approximate surface area is 152 Å². The fraction of sp³-hybridized carbons (Fsp3) is 0.450. The van der Waals surface area contributed by atoms with E-state index < -0.39 is 0 Å². The van der Waals surface area contributed by atoms with E-state index in [0.29, 0.717) is 41.7 Å². The number of hydrogen-bond donors (Lipinski definition) is 1. The third-order valence-corrected chi connectivity index (χ3v) is 4.68. The monoisotopic (exact) mass is 357 g/mol. The zero-order valence-electron chi connectivity index (χ0n) is 15.2. The molecule has 2 aromatic rings. The number of likely N-dealkylation sites (tertiary alicyclic amines) is 1. The minimum atomic E-state index is -0.370. The number of carbonyl (C=O) groups excluding carboxylic acids is 2. The molecular weight excluding hydrogens is 333 g/mol. The molecule has 1 saturated heterocycles. The number of fused-ring (bicyclic) bond motifs is 1. The number of aryl methyl sites for hydroxylation is 1. The number of carbonyl (C=O) groups is 2. The van der Waals surface area contributed by atoms with Crippen LogP contribution in [0, 0.1) is 12.7 Å². The van der Waals surface area contributed by atoms with Gasteiger partial charge in [0, 0.05) is 42.7 Å². The third-order valence-electron chi connectivity index (χ3n) is 4.68. The van der Waals surface area contributed by atoms with Crippen LogP contribution in [0.15, 0.2) is 24.3 Å². The van der Waals surface area contributed by atoms with Gasteiger partial charge < -0.3 is 10.2 Å². The minimum Gasteiger partial charge on any atom is -0.352 e. The molecule has 138 valence electrons. The van der Waals surface area contributed by atoms with Gasteiger partial charge in [-0.3, -0.25) is 14.6 Å². The number of hydrogen-bond acceptors (Lipinski definition) is 3. The second kappa shape index (κ2) is 7.81. The highest BCUT2D eigenvalue weighted by Gasteiger charge is 2.26. The molecule has 0 aliphatic carbocycles. The summed E-state index contributed by atoms with van der Waals surface area (Å²) in [5, 5.41) is 3.67. The number of rotatable bonds is 4. The van der Waals surface area contributed by atoms with Crippen molar-refractivity contribution in [3.8, 4) is 0 Å². The summed E-state index contributed by atoms with van der Waals surface area (Å²) in [7, 11) is 0. The number of amides is 2. The first-order valence-corrected chi connectivity index (χ1v) is 9.13. The second-order valence-corrected chi connectivity index (χ2v) is 6.88. The van der Waals surface area contributed by atoms with Crippen LogP contribution in [0.3, 0.4) is 0 Å². The van der Waals surface area contributed by atoms with Crippen LogP contribution in [0.4, 0.5) is 4.39 Å². The van der Waals surface area contributed by atoms with E-state index in [4.69, 9.17) is 0 Å². The number of nitrogens with zero attached hydrogens (tertiary/aromatic N) is 2. The molecule has 0 saturated carbocycles. The Balaban J connectivity index is 1.82. The molecule has 3 rings (SSSR count). The zero-order valence-corrected chi connectivity index (χ0v) is 15.2. The van der Waals surface area contributed by atoms with Gasteiger partial charge in [0.25, 0.3) is 5.91 Å². The minimum absolute atomic E-state index is 0.0154. The lowest BCUT2D eigenvalue weighted by molar-refractivity contribution is -0.122. The van der Waals surface area contributed by atoms with Crippen molar-refractivity contribution in [2.75, 3.05) is 13.1 Å². The van der Waals surface area contributed by atoms with E-state index in [1.54, 1.807) is 24.0 Å². The summed E-state index contributed by atoms with van der Waals surface area (Å²) in [5.74, 6) is -0.431. The van der Waals surface area contributed by atoms with E-state index in [0.717, 1.165) is 19.3 Å². The second-order valence-electron chi connectivity index (χ2n) is 6.88. The zero-order chi connectivity index (χ0) is 18.7. The number of aromatic nitrogens is 1. The molecule has 1 aliphatic heterocycles. The van der Waals surface area contributed by atoms with Crippen LogP contribution in [0.25, 0.3) is 10.9 Å². The molecule has 2 heterocycles. The molecule has 0 spiro atoms. The molecule has 1 aromatic carbocycles. The Hall–Kier alpha value is -2.50. The van der Waals surface area contributed by atoms with Gasteiger partial charge >= 0.3 is 0 Å². The van der Waals surface area contributed by atoms with Gasteiger partial charge in [0.05, 0.1) is 11.1 Å². The van der Waals surface area contributed by atoms with Crippen LogP contribution >= 0.6 is 0 Å². The number of halogens is 1. The number of pyridine rings is 1. The normalized spacial score (nSPS) is 17.3. The van der Waals surface area contributed by atoms with Crippen molar-refractivity contribution in [1.82, 2.24) is 15.2 Å². The van der Waals surface area contributed by atoms with Crippen molar-refractivity contribution in [2.24, 2.45) is 0 Å². The molecule has 1 N–H and O–H groups in total. The van der Waals surface area contributed by atoms with Gasteiger partial charge in [0.15, 0.2) is 0 Å². The van der Waals surface area contributed by atoms with Gasteiger partial charge in [0.2, 0.25) is 5.91 Å². The summed E-state index contributed by atoms with van der Waals surface area (Å²) >= 11 is 0. The largest absolute Gasteiger partial charge is 0.352 e. The first-order valence-electron chi connectivity index (χ1n) is 9.13. The summed E-state index contributed by atoms with van der Waals surface area (Å²) in [6, 6.07) is 6.04. The van der Waals surface area contributed by atoms with Crippen LogP contribution in [-0.4, -0.2) is 40.8 Å². The average Bonchev–Trinajstić information content (AvgIpc) is 2.60. The average molecular weight is 357 g/mol. The van der Waals surface area contributed by atoms with E-state index in [2.05, 4.69) is 10.3 Å². The summed E-state index contributed by atoms with van der Waals surface area (Å²) in [5.41, 5.74) is 1.70. The predicted molar refractivity (Wildman–Crippen MR) is 98.4 cm³/mol. The molecule has 6 heteroatoms. The number of piperidine rings is 1. The van der Waals surface area contributed by atoms with Gasteiger partial charge in [-0.05, 0) is 44.4 Å². The van der Waals surface area contributed by atoms with Crippen LogP contribution < -0.4 is 5.32 Å². The first kappa shape index (κ1) is 18.3. The van der Waals surface area contributed by atoms with Crippen LogP contribution in [0.2, 0.25) is 0 Å². The SMILES string of the molecule is CCCC(=O)NC1CCCN(C(=O)c2cc(C)nc3cc(F)ccc23)C1. The van der Waals surface area contributed by atoms with Gasteiger partial charge in [-0.25, -0.2) is 4.39 Å². The molecule has 0 radical (unpaired) electrons. The first-order chi connectivity index (χ1) is 12.5. The van der Waals surface area contributed by atoms with E-state index in [1.807, 2.05) is 6.92 Å². The lowest BCUT2D eigenvalue weighted by Crippen LogP contribution is -2.49. The molecular formula is C20H24FN3O2. The fourth-order valence-corrected chi connectivity index (χ4v) is 3.49. The van der Waals surface area contributed by atoms with Gasteiger partial charge in [-0.2, -0.15) is 0 Å². The van der Waals surface area contributed by atoms with Crippen molar-refractivity contribution < 1.29 is 14.0 Å². The summed E-state index contributed by atoms with van der Waals surface area (Å²) in [6.07, 6.45) is 3.03. The molecule has 1 fully saturated rings. The van der Waals surface area contributed by atoms with Crippen molar-refractivity contribution in [3.05, 3.63) is 41.3 Å². The van der Waals surface area contributed by atoms with Crippen molar-refractivity contribution in [1.29, 1.82) is 0 Å². The van der Waals surface area contributed by atoms with E-state index in [1.165, 1.54) is 12.1 Å². The molecule has 1 atom stereocenters. The lowest BCUT2D eigenvalue weighted by Gasteiger charge is -2.33. The van der Waals surface area contributed by atoms with Crippen LogP contribution in [0.1, 0.15) is 48.7 Å². The number of benzene rings is 1. The maximum absolute atomic E-state index is 13.5. The summed E-state index contributed by atoms with van der Waals surface area (Å²) in [6.45, 7) is 4.92. The fourth-order valence-electron chi connectivity index (χ4n) is 3.49. The Kier molecular flexibility index (Phi) is 5.49. The highest BCUT2D eigenvalue weighted by Crippen LogP contribution is 2.23. The van der Waals surface area contributed by atoms with Crippen molar-refractivity contribution >= 4 is 22.7 Å². The van der Waals surface area contributed by atoms with Gasteiger partial charge in [-0.1, -0.05) is 6.92 Å². The van der Waals surface area contributed by atoms with Crippen molar-refractivity contribution in [3.63, 3.8) is 0 Å². The smallest absolute Gasteiger partial charge is 0.254 e.